The number of amides is 1. The third kappa shape index (κ3) is 6.03. The van der Waals surface area contributed by atoms with E-state index in [0.717, 1.165) is 18.7 Å². The summed E-state index contributed by atoms with van der Waals surface area (Å²) in [4.78, 5) is 29.2. The fourth-order valence-electron chi connectivity index (χ4n) is 5.01. The SMILES string of the molecule is CN1CCN(C(=O)CCc2ccccc2[C@@H]2C[C@]2(NS(=O)(=O)c2ccc(-c3cc(C(F)(F)F)on3)s2)C(=O)O)CC1. The van der Waals surface area contributed by atoms with Crippen LogP contribution in [0.25, 0.3) is 10.6 Å². The van der Waals surface area contributed by atoms with E-state index in [1.807, 2.05) is 18.0 Å². The number of hydrogen-bond donors (Lipinski definition) is 2. The average Bonchev–Trinajstić information content (AvgIpc) is 3.27. The van der Waals surface area contributed by atoms with Crippen LogP contribution >= 0.6 is 11.3 Å². The summed E-state index contributed by atoms with van der Waals surface area (Å²) in [6.45, 7) is 2.89. The molecule has 1 saturated heterocycles. The Morgan fingerprint density at radius 1 is 1.17 bits per heavy atom. The van der Waals surface area contributed by atoms with Crippen molar-refractivity contribution in [3.05, 3.63) is 59.4 Å². The molecule has 0 spiro atoms. The Bertz CT molecular complexity index is 1560. The second-order valence-electron chi connectivity index (χ2n) is 10.2. The predicted octanol–water partition coefficient (Wildman–Crippen LogP) is 3.42. The van der Waals surface area contributed by atoms with Gasteiger partial charge < -0.3 is 19.4 Å². The van der Waals surface area contributed by atoms with Gasteiger partial charge in [-0.2, -0.15) is 17.9 Å². The maximum atomic E-state index is 13.2. The van der Waals surface area contributed by atoms with Crippen LogP contribution in [0.2, 0.25) is 0 Å². The van der Waals surface area contributed by atoms with Crippen molar-refractivity contribution in [2.45, 2.75) is 41.1 Å². The first-order chi connectivity index (χ1) is 19.3. The van der Waals surface area contributed by atoms with Crippen LogP contribution in [0.5, 0.6) is 0 Å². The Morgan fingerprint density at radius 2 is 1.88 bits per heavy atom. The van der Waals surface area contributed by atoms with Gasteiger partial charge >= 0.3 is 12.1 Å². The van der Waals surface area contributed by atoms with Crippen LogP contribution in [-0.4, -0.2) is 79.1 Å². The van der Waals surface area contributed by atoms with Crippen LogP contribution in [-0.2, 0) is 32.2 Å². The van der Waals surface area contributed by atoms with Crippen LogP contribution in [0, 0.1) is 0 Å². The van der Waals surface area contributed by atoms with E-state index in [9.17, 15) is 36.3 Å². The number of hydrogen-bond acceptors (Lipinski definition) is 8. The second-order valence-corrected chi connectivity index (χ2v) is 13.2. The molecule has 15 heteroatoms. The van der Waals surface area contributed by atoms with Crippen LogP contribution in [0.3, 0.4) is 0 Å². The van der Waals surface area contributed by atoms with E-state index in [-0.39, 0.29) is 33.5 Å². The van der Waals surface area contributed by atoms with Gasteiger partial charge in [0.25, 0.3) is 10.0 Å². The molecular formula is C26H27F3N4O6S2. The van der Waals surface area contributed by atoms with Crippen molar-refractivity contribution in [1.29, 1.82) is 0 Å². The van der Waals surface area contributed by atoms with Crippen molar-refractivity contribution >= 4 is 33.2 Å². The number of nitrogens with one attached hydrogen (secondary N) is 1. The predicted molar refractivity (Wildman–Crippen MR) is 142 cm³/mol. The summed E-state index contributed by atoms with van der Waals surface area (Å²) in [6, 6.07) is 10.2. The summed E-state index contributed by atoms with van der Waals surface area (Å²) in [7, 11) is -2.37. The van der Waals surface area contributed by atoms with Gasteiger partial charge in [-0.05, 0) is 43.1 Å². The molecule has 1 aromatic carbocycles. The van der Waals surface area contributed by atoms with Gasteiger partial charge in [0.1, 0.15) is 15.4 Å². The van der Waals surface area contributed by atoms with Gasteiger partial charge in [-0.15, -0.1) is 11.3 Å². The van der Waals surface area contributed by atoms with Crippen LogP contribution in [0.1, 0.15) is 35.6 Å². The lowest BCUT2D eigenvalue weighted by atomic mass is 9.97. The lowest BCUT2D eigenvalue weighted by molar-refractivity contribution is -0.155. The van der Waals surface area contributed by atoms with Gasteiger partial charge in [0.15, 0.2) is 0 Å². The number of thiophene rings is 1. The number of likely N-dealkylation sites (N-methyl/N-ethyl adjacent to an activating group) is 1. The highest BCUT2D eigenvalue weighted by molar-refractivity contribution is 7.91. The number of halogens is 3. The first-order valence-electron chi connectivity index (χ1n) is 12.8. The molecule has 1 aliphatic heterocycles. The lowest BCUT2D eigenvalue weighted by Gasteiger charge is -2.32. The third-order valence-electron chi connectivity index (χ3n) is 7.44. The maximum Gasteiger partial charge on any atom is 0.452 e. The summed E-state index contributed by atoms with van der Waals surface area (Å²) in [6.07, 6.45) is -4.12. The Hall–Kier alpha value is -3.27. The fraction of sp³-hybridized carbons (Fsp3) is 0.423. The van der Waals surface area contributed by atoms with Crippen molar-refractivity contribution < 1.29 is 40.8 Å². The summed E-state index contributed by atoms with van der Waals surface area (Å²) < 4.78 is 71.4. The van der Waals surface area contributed by atoms with Gasteiger partial charge in [-0.25, -0.2) is 8.42 Å². The Kier molecular flexibility index (Phi) is 7.74. The first kappa shape index (κ1) is 29.2. The van der Waals surface area contributed by atoms with Gasteiger partial charge in [0.05, 0.1) is 4.88 Å². The van der Waals surface area contributed by atoms with Crippen molar-refractivity contribution in [3.63, 3.8) is 0 Å². The average molecular weight is 613 g/mol. The zero-order valence-corrected chi connectivity index (χ0v) is 23.5. The third-order valence-corrected chi connectivity index (χ3v) is 10.6. The molecule has 2 N–H and O–H groups in total. The van der Waals surface area contributed by atoms with Gasteiger partial charge in [0.2, 0.25) is 11.7 Å². The minimum atomic E-state index is -4.75. The number of aryl methyl sites for hydroxylation is 1. The number of benzene rings is 1. The number of carbonyl (C=O) groups is 2. The molecule has 1 amide bonds. The van der Waals surface area contributed by atoms with Crippen LogP contribution in [0.4, 0.5) is 13.2 Å². The number of aromatic nitrogens is 1. The number of alkyl halides is 3. The Balaban J connectivity index is 1.31. The highest BCUT2D eigenvalue weighted by Crippen LogP contribution is 2.53. The minimum Gasteiger partial charge on any atom is -0.480 e. The Labute approximate surface area is 237 Å². The monoisotopic (exact) mass is 612 g/mol. The molecule has 41 heavy (non-hydrogen) atoms. The molecule has 3 aromatic rings. The number of rotatable bonds is 9. The van der Waals surface area contributed by atoms with Gasteiger partial charge in [-0.1, -0.05) is 29.4 Å². The molecule has 1 saturated carbocycles. The van der Waals surface area contributed by atoms with Gasteiger partial charge in [-0.3, -0.25) is 9.59 Å². The molecule has 1 aliphatic carbocycles. The van der Waals surface area contributed by atoms with Crippen molar-refractivity contribution in [3.8, 4) is 10.6 Å². The van der Waals surface area contributed by atoms with E-state index in [2.05, 4.69) is 19.3 Å². The maximum absolute atomic E-state index is 13.2. The number of piperazine rings is 1. The zero-order valence-electron chi connectivity index (χ0n) is 21.8. The van der Waals surface area contributed by atoms with Crippen LogP contribution in [0.15, 0.2) is 51.2 Å². The summed E-state index contributed by atoms with van der Waals surface area (Å²) in [5.41, 5.74) is -0.580. The largest absolute Gasteiger partial charge is 0.480 e. The zero-order chi connectivity index (χ0) is 29.6. The number of sulfonamides is 1. The molecular weight excluding hydrogens is 585 g/mol. The second kappa shape index (κ2) is 10.9. The molecule has 2 atom stereocenters. The topological polar surface area (TPSA) is 133 Å². The highest BCUT2D eigenvalue weighted by Gasteiger charge is 2.63. The fourth-order valence-corrected chi connectivity index (χ4v) is 7.67. The summed E-state index contributed by atoms with van der Waals surface area (Å²) in [5.74, 6) is -3.33. The molecule has 220 valence electrons. The van der Waals surface area contributed by atoms with E-state index >= 15 is 0 Å². The van der Waals surface area contributed by atoms with Crippen molar-refractivity contribution in [2.75, 3.05) is 33.2 Å². The number of aliphatic carboxylic acids is 1. The molecule has 0 radical (unpaired) electrons. The van der Waals surface area contributed by atoms with Gasteiger partial charge in [0, 0.05) is 44.6 Å². The van der Waals surface area contributed by atoms with E-state index in [4.69, 9.17) is 0 Å². The summed E-state index contributed by atoms with van der Waals surface area (Å²) >= 11 is 0.644. The molecule has 2 fully saturated rings. The highest BCUT2D eigenvalue weighted by atomic mass is 32.2. The molecule has 3 heterocycles. The van der Waals surface area contributed by atoms with E-state index in [1.165, 1.54) is 12.1 Å². The van der Waals surface area contributed by atoms with E-state index in [0.29, 0.717) is 42.5 Å². The number of carboxylic acids is 1. The van der Waals surface area contributed by atoms with E-state index in [1.54, 1.807) is 18.2 Å². The normalized spacial score (nSPS) is 21.7. The number of carbonyl (C=O) groups excluding carboxylic acids is 1. The molecule has 2 aliphatic rings. The molecule has 2 aromatic heterocycles. The molecule has 10 nitrogen and oxygen atoms in total. The molecule has 0 unspecified atom stereocenters. The lowest BCUT2D eigenvalue weighted by Crippen LogP contribution is -2.47. The molecule has 5 rings (SSSR count). The first-order valence-corrected chi connectivity index (χ1v) is 15.1. The van der Waals surface area contributed by atoms with E-state index < -0.39 is 39.4 Å². The van der Waals surface area contributed by atoms with Crippen molar-refractivity contribution in [1.82, 2.24) is 19.7 Å². The number of carboxylic acid groups (broad SMARTS) is 1. The summed E-state index contributed by atoms with van der Waals surface area (Å²) in [5, 5.41) is 13.5. The molecule has 0 bridgehead atoms. The number of nitrogens with zero attached hydrogens (tertiary/aromatic N) is 3. The smallest absolute Gasteiger partial charge is 0.452 e. The standard InChI is InChI=1S/C26H27F3N4O6S2/c1-32-10-12-33(13-11-32)22(34)8-6-16-4-2-3-5-17(16)18-15-25(18,24(35)36)31-41(37,38)23-9-7-20(40-23)19-14-21(39-30-19)26(27,28)29/h2-5,7,9,14,18,31H,6,8,10-13,15H2,1H3,(H,35,36)/t18-,25+/m0/s1. The van der Waals surface area contributed by atoms with Crippen LogP contribution < -0.4 is 4.72 Å². The Morgan fingerprint density at radius 3 is 2.54 bits per heavy atom. The van der Waals surface area contributed by atoms with Crippen molar-refractivity contribution in [2.24, 2.45) is 0 Å². The minimum absolute atomic E-state index is 0.00143. The quantitative estimate of drug-likeness (QED) is 0.376.